The lowest BCUT2D eigenvalue weighted by atomic mass is 9.95. The lowest BCUT2D eigenvalue weighted by Crippen LogP contribution is -2.57. The van der Waals surface area contributed by atoms with Crippen LogP contribution in [0.5, 0.6) is 0 Å². The summed E-state index contributed by atoms with van der Waals surface area (Å²) in [5, 5.41) is 28.9. The van der Waals surface area contributed by atoms with Crippen LogP contribution in [0.4, 0.5) is 19.1 Å². The zero-order valence-electron chi connectivity index (χ0n) is 11.7. The molecule has 24 heavy (non-hydrogen) atoms. The second-order valence-electron chi connectivity index (χ2n) is 5.26. The highest BCUT2D eigenvalue weighted by Crippen LogP contribution is 2.47. The van der Waals surface area contributed by atoms with Gasteiger partial charge in [-0.25, -0.2) is 4.98 Å². The van der Waals surface area contributed by atoms with E-state index < -0.39 is 42.4 Å². The molecule has 2 aromatic rings. The molecule has 0 bridgehead atoms. The molecule has 4 unspecified atom stereocenters. The fourth-order valence-corrected chi connectivity index (χ4v) is 2.59. The normalized spacial score (nSPS) is 31.0. The number of fused-ring (bicyclic) bond motifs is 1. The van der Waals surface area contributed by atoms with E-state index in [1.165, 1.54) is 0 Å². The zero-order chi connectivity index (χ0) is 17.9. The van der Waals surface area contributed by atoms with Crippen LogP contribution in [0.15, 0.2) is 11.1 Å². The van der Waals surface area contributed by atoms with E-state index in [1.54, 1.807) is 0 Å². The molecule has 0 saturated carbocycles. The number of aliphatic hydroxyl groups is 3. The molecule has 1 aliphatic rings. The average Bonchev–Trinajstić information content (AvgIpc) is 3.00. The molecule has 132 valence electrons. The molecule has 0 aliphatic carbocycles. The number of anilines is 1. The summed E-state index contributed by atoms with van der Waals surface area (Å²) < 4.78 is 45.3. The third kappa shape index (κ3) is 2.09. The highest BCUT2D eigenvalue weighted by atomic mass is 19.4. The number of H-pyrrole nitrogens is 1. The van der Waals surface area contributed by atoms with Crippen molar-refractivity contribution in [2.24, 2.45) is 0 Å². The first-order valence-electron chi connectivity index (χ1n) is 6.56. The minimum atomic E-state index is -5.17. The van der Waals surface area contributed by atoms with E-state index in [9.17, 15) is 28.2 Å². The highest BCUT2D eigenvalue weighted by molar-refractivity contribution is 5.70. The number of rotatable bonds is 2. The number of aromatic amines is 1. The Balaban J connectivity index is 2.13. The molecule has 1 fully saturated rings. The number of nitrogens with one attached hydrogen (secondary N) is 1. The summed E-state index contributed by atoms with van der Waals surface area (Å²) >= 11 is 0. The summed E-state index contributed by atoms with van der Waals surface area (Å²) in [4.78, 5) is 21.3. The lowest BCUT2D eigenvalue weighted by molar-refractivity contribution is -0.305. The zero-order valence-corrected chi connectivity index (χ0v) is 11.7. The summed E-state index contributed by atoms with van der Waals surface area (Å²) in [7, 11) is 0. The molecule has 3 heterocycles. The molecule has 13 heteroatoms. The van der Waals surface area contributed by atoms with Gasteiger partial charge >= 0.3 is 6.18 Å². The van der Waals surface area contributed by atoms with Gasteiger partial charge in [0.2, 0.25) is 11.5 Å². The SMILES string of the molecule is Nc1nc2c(ncn2C2OC(CO)(C(F)(F)F)C(O)C2O)c(=O)[nH]1. The van der Waals surface area contributed by atoms with Crippen molar-refractivity contribution in [2.45, 2.75) is 30.2 Å². The van der Waals surface area contributed by atoms with Crippen LogP contribution in [-0.2, 0) is 4.74 Å². The van der Waals surface area contributed by atoms with Gasteiger partial charge in [-0.3, -0.25) is 14.3 Å². The molecule has 6 N–H and O–H groups in total. The number of alkyl halides is 3. The van der Waals surface area contributed by atoms with Crippen molar-refractivity contribution < 1.29 is 33.2 Å². The van der Waals surface area contributed by atoms with Gasteiger partial charge in [-0.1, -0.05) is 0 Å². The largest absolute Gasteiger partial charge is 0.422 e. The van der Waals surface area contributed by atoms with E-state index in [0.29, 0.717) is 0 Å². The van der Waals surface area contributed by atoms with Gasteiger partial charge in [0.1, 0.15) is 12.2 Å². The number of imidazole rings is 1. The van der Waals surface area contributed by atoms with Gasteiger partial charge in [-0.2, -0.15) is 18.2 Å². The van der Waals surface area contributed by atoms with E-state index in [4.69, 9.17) is 15.6 Å². The fraction of sp³-hybridized carbons (Fsp3) is 0.545. The highest BCUT2D eigenvalue weighted by Gasteiger charge is 2.69. The van der Waals surface area contributed by atoms with Gasteiger partial charge < -0.3 is 25.8 Å². The minimum absolute atomic E-state index is 0.247. The number of hydrogen-bond acceptors (Lipinski definition) is 8. The third-order valence-corrected chi connectivity index (χ3v) is 3.86. The van der Waals surface area contributed by atoms with Crippen LogP contribution in [0.3, 0.4) is 0 Å². The number of aliphatic hydroxyl groups excluding tert-OH is 3. The first-order valence-corrected chi connectivity index (χ1v) is 6.56. The standard InChI is InChI=1S/C11H12F3N5O5/c12-11(13,14)10(1-20)5(22)4(21)8(24-10)19-2-16-3-6(19)17-9(15)18-7(3)23/h2,4-5,8,20-22H,1H2,(H3,15,17,18,23). The third-order valence-electron chi connectivity index (χ3n) is 3.86. The number of nitrogens with two attached hydrogens (primary N) is 1. The predicted molar refractivity (Wildman–Crippen MR) is 70.6 cm³/mol. The summed E-state index contributed by atoms with van der Waals surface area (Å²) in [5.41, 5.74) is 0.757. The van der Waals surface area contributed by atoms with Crippen LogP contribution in [0.1, 0.15) is 6.23 Å². The number of aromatic nitrogens is 4. The maximum Gasteiger partial charge on any atom is 0.422 e. The molecule has 10 nitrogen and oxygen atoms in total. The first-order chi connectivity index (χ1) is 11.1. The van der Waals surface area contributed by atoms with Crippen molar-refractivity contribution in [1.29, 1.82) is 0 Å². The molecule has 2 aromatic heterocycles. The van der Waals surface area contributed by atoms with Crippen molar-refractivity contribution in [3.63, 3.8) is 0 Å². The van der Waals surface area contributed by atoms with Crippen LogP contribution in [-0.4, -0.2) is 65.4 Å². The van der Waals surface area contributed by atoms with Crippen LogP contribution in [0, 0.1) is 0 Å². The summed E-state index contributed by atoms with van der Waals surface area (Å²) in [5.74, 6) is -0.327. The van der Waals surface area contributed by atoms with Gasteiger partial charge in [0.15, 0.2) is 17.4 Å². The molecular formula is C11H12F3N5O5. The van der Waals surface area contributed by atoms with Crippen molar-refractivity contribution in [2.75, 3.05) is 12.3 Å². The van der Waals surface area contributed by atoms with Crippen LogP contribution in [0.2, 0.25) is 0 Å². The van der Waals surface area contributed by atoms with Gasteiger partial charge in [0.25, 0.3) is 5.56 Å². The Morgan fingerprint density at radius 2 is 2.12 bits per heavy atom. The molecule has 4 atom stereocenters. The van der Waals surface area contributed by atoms with Crippen LogP contribution in [0.25, 0.3) is 11.2 Å². The maximum absolute atomic E-state index is 13.2. The van der Waals surface area contributed by atoms with Crippen molar-refractivity contribution >= 4 is 17.1 Å². The Hall–Kier alpha value is -2.22. The van der Waals surface area contributed by atoms with Crippen molar-refractivity contribution in [3.8, 4) is 0 Å². The molecule has 1 saturated heterocycles. The number of nitrogen functional groups attached to an aromatic ring is 1. The molecular weight excluding hydrogens is 339 g/mol. The molecule has 3 rings (SSSR count). The number of hydrogen-bond donors (Lipinski definition) is 5. The number of halogens is 3. The minimum Gasteiger partial charge on any atom is -0.393 e. The molecule has 0 radical (unpaired) electrons. The quantitative estimate of drug-likeness (QED) is 0.426. The van der Waals surface area contributed by atoms with E-state index in [0.717, 1.165) is 10.9 Å². The molecule has 1 aliphatic heterocycles. The Labute approximate surface area is 130 Å². The molecule has 0 aromatic carbocycles. The summed E-state index contributed by atoms with van der Waals surface area (Å²) in [6, 6.07) is 0. The van der Waals surface area contributed by atoms with Gasteiger partial charge in [0.05, 0.1) is 12.9 Å². The maximum atomic E-state index is 13.2. The second-order valence-corrected chi connectivity index (χ2v) is 5.26. The van der Waals surface area contributed by atoms with E-state index in [-0.39, 0.29) is 17.1 Å². The molecule has 0 amide bonds. The van der Waals surface area contributed by atoms with Crippen molar-refractivity contribution in [3.05, 3.63) is 16.7 Å². The Morgan fingerprint density at radius 3 is 2.67 bits per heavy atom. The number of nitrogens with zero attached hydrogens (tertiary/aromatic N) is 3. The van der Waals surface area contributed by atoms with Crippen molar-refractivity contribution in [1.82, 2.24) is 19.5 Å². The Bertz CT molecular complexity index is 836. The summed E-state index contributed by atoms with van der Waals surface area (Å²) in [6.45, 7) is -1.62. The molecule has 0 spiro atoms. The number of ether oxygens (including phenoxy) is 1. The van der Waals surface area contributed by atoms with Crippen LogP contribution >= 0.6 is 0 Å². The monoisotopic (exact) mass is 351 g/mol. The van der Waals surface area contributed by atoms with Gasteiger partial charge in [-0.15, -0.1) is 0 Å². The van der Waals surface area contributed by atoms with E-state index in [2.05, 4.69) is 15.0 Å². The van der Waals surface area contributed by atoms with Gasteiger partial charge in [0, 0.05) is 0 Å². The smallest absolute Gasteiger partial charge is 0.393 e. The fourth-order valence-electron chi connectivity index (χ4n) is 2.59. The first kappa shape index (κ1) is 16.6. The van der Waals surface area contributed by atoms with E-state index in [1.807, 2.05) is 0 Å². The topological polar surface area (TPSA) is 160 Å². The van der Waals surface area contributed by atoms with Gasteiger partial charge in [-0.05, 0) is 0 Å². The Morgan fingerprint density at radius 1 is 1.46 bits per heavy atom. The second kappa shape index (κ2) is 5.14. The van der Waals surface area contributed by atoms with Crippen LogP contribution < -0.4 is 11.3 Å². The van der Waals surface area contributed by atoms with E-state index >= 15 is 0 Å². The summed E-state index contributed by atoms with van der Waals surface area (Å²) in [6.07, 6.45) is -10.6. The Kier molecular flexibility index (Phi) is 3.56. The predicted octanol–water partition coefficient (Wildman–Crippen LogP) is -1.75. The lowest BCUT2D eigenvalue weighted by Gasteiger charge is -2.31. The average molecular weight is 351 g/mol.